The molecule has 2 unspecified atom stereocenters. The van der Waals surface area contributed by atoms with E-state index in [1.54, 1.807) is 12.1 Å². The minimum Gasteiger partial charge on any atom is -0.465 e. The number of fused-ring (bicyclic) bond motifs is 1. The second-order valence-electron chi connectivity index (χ2n) is 7.78. The quantitative estimate of drug-likeness (QED) is 0.257. The van der Waals surface area contributed by atoms with Crippen molar-refractivity contribution in [1.29, 1.82) is 0 Å². The van der Waals surface area contributed by atoms with Crippen LogP contribution in [0.3, 0.4) is 0 Å². The van der Waals surface area contributed by atoms with Gasteiger partial charge < -0.3 is 14.2 Å². The third kappa shape index (κ3) is 6.47. The SMILES string of the molecule is CCCC(CC)c1cccc2c(OC(C)OCCOC(=O)Nc3ccccc3)cccc12. The molecule has 170 valence electrons. The number of amides is 1. The molecular formula is C27H33NO4. The third-order valence-corrected chi connectivity index (χ3v) is 5.47. The maximum atomic E-state index is 11.8. The summed E-state index contributed by atoms with van der Waals surface area (Å²) in [4.78, 5) is 11.8. The number of benzene rings is 3. The predicted octanol–water partition coefficient (Wildman–Crippen LogP) is 7.12. The van der Waals surface area contributed by atoms with Gasteiger partial charge in [0.15, 0.2) is 6.29 Å². The lowest BCUT2D eigenvalue weighted by molar-refractivity contribution is -0.0757. The lowest BCUT2D eigenvalue weighted by Crippen LogP contribution is -2.21. The zero-order valence-corrected chi connectivity index (χ0v) is 19.2. The molecule has 1 amide bonds. The fourth-order valence-electron chi connectivity index (χ4n) is 3.93. The van der Waals surface area contributed by atoms with E-state index < -0.39 is 12.4 Å². The number of carbonyl (C=O) groups excluding carboxylic acids is 1. The van der Waals surface area contributed by atoms with Gasteiger partial charge in [-0.25, -0.2) is 4.79 Å². The molecule has 5 heteroatoms. The van der Waals surface area contributed by atoms with E-state index in [9.17, 15) is 4.79 Å². The van der Waals surface area contributed by atoms with Gasteiger partial charge in [0.05, 0.1) is 6.61 Å². The molecule has 3 aromatic rings. The second kappa shape index (κ2) is 12.1. The van der Waals surface area contributed by atoms with Gasteiger partial charge >= 0.3 is 6.09 Å². The Hall–Kier alpha value is -3.05. The molecule has 0 spiro atoms. The number of anilines is 1. The maximum absolute atomic E-state index is 11.8. The van der Waals surface area contributed by atoms with Crippen LogP contribution in [-0.2, 0) is 9.47 Å². The van der Waals surface area contributed by atoms with Crippen molar-refractivity contribution in [2.45, 2.75) is 52.2 Å². The lowest BCUT2D eigenvalue weighted by atomic mass is 9.88. The lowest BCUT2D eigenvalue weighted by Gasteiger charge is -2.20. The summed E-state index contributed by atoms with van der Waals surface area (Å²) in [6.45, 7) is 6.71. The molecule has 32 heavy (non-hydrogen) atoms. The fourth-order valence-corrected chi connectivity index (χ4v) is 3.93. The summed E-state index contributed by atoms with van der Waals surface area (Å²) in [6, 6.07) is 21.8. The van der Waals surface area contributed by atoms with Crippen molar-refractivity contribution in [1.82, 2.24) is 0 Å². The van der Waals surface area contributed by atoms with Gasteiger partial charge in [0.2, 0.25) is 0 Å². The molecule has 3 aromatic carbocycles. The Morgan fingerprint density at radius 2 is 1.66 bits per heavy atom. The zero-order chi connectivity index (χ0) is 22.8. The maximum Gasteiger partial charge on any atom is 0.411 e. The number of nitrogens with one attached hydrogen (secondary N) is 1. The van der Waals surface area contributed by atoms with Crippen molar-refractivity contribution in [3.8, 4) is 5.75 Å². The summed E-state index contributed by atoms with van der Waals surface area (Å²) >= 11 is 0. The number of para-hydroxylation sites is 1. The molecule has 0 radical (unpaired) electrons. The first-order valence-electron chi connectivity index (χ1n) is 11.4. The molecule has 3 rings (SSSR count). The summed E-state index contributed by atoms with van der Waals surface area (Å²) in [5, 5.41) is 5.00. The van der Waals surface area contributed by atoms with Crippen LogP contribution >= 0.6 is 0 Å². The highest BCUT2D eigenvalue weighted by atomic mass is 16.7. The molecule has 1 N–H and O–H groups in total. The second-order valence-corrected chi connectivity index (χ2v) is 7.78. The topological polar surface area (TPSA) is 56.8 Å². The van der Waals surface area contributed by atoms with Crippen molar-refractivity contribution in [2.24, 2.45) is 0 Å². The number of rotatable bonds is 11. The summed E-state index contributed by atoms with van der Waals surface area (Å²) < 4.78 is 16.9. The van der Waals surface area contributed by atoms with Gasteiger partial charge in [-0.15, -0.1) is 0 Å². The molecule has 0 aromatic heterocycles. The van der Waals surface area contributed by atoms with Crippen molar-refractivity contribution in [2.75, 3.05) is 18.5 Å². The Bertz CT molecular complexity index is 989. The van der Waals surface area contributed by atoms with Crippen LogP contribution in [-0.4, -0.2) is 25.6 Å². The Morgan fingerprint density at radius 3 is 2.41 bits per heavy atom. The average Bonchev–Trinajstić information content (AvgIpc) is 2.81. The molecule has 2 atom stereocenters. The van der Waals surface area contributed by atoms with E-state index in [4.69, 9.17) is 14.2 Å². The van der Waals surface area contributed by atoms with Gasteiger partial charge in [-0.3, -0.25) is 5.32 Å². The third-order valence-electron chi connectivity index (χ3n) is 5.47. The first-order valence-corrected chi connectivity index (χ1v) is 11.4. The van der Waals surface area contributed by atoms with E-state index >= 15 is 0 Å². The largest absolute Gasteiger partial charge is 0.465 e. The summed E-state index contributed by atoms with van der Waals surface area (Å²) in [5.41, 5.74) is 2.07. The number of ether oxygens (including phenoxy) is 3. The van der Waals surface area contributed by atoms with Crippen molar-refractivity contribution >= 4 is 22.6 Å². The fraction of sp³-hybridized carbons (Fsp3) is 0.370. The van der Waals surface area contributed by atoms with Crippen molar-refractivity contribution in [3.63, 3.8) is 0 Å². The zero-order valence-electron chi connectivity index (χ0n) is 19.2. The van der Waals surface area contributed by atoms with Gasteiger partial charge in [-0.1, -0.05) is 68.8 Å². The Morgan fingerprint density at radius 1 is 0.906 bits per heavy atom. The van der Waals surface area contributed by atoms with Gasteiger partial charge in [0, 0.05) is 11.1 Å². The minimum atomic E-state index is -0.507. The minimum absolute atomic E-state index is 0.140. The Labute approximate surface area is 190 Å². The molecule has 0 saturated carbocycles. The van der Waals surface area contributed by atoms with Crippen LogP contribution in [0.5, 0.6) is 5.75 Å². The highest BCUT2D eigenvalue weighted by Gasteiger charge is 2.15. The van der Waals surface area contributed by atoms with E-state index in [2.05, 4.69) is 43.4 Å². The van der Waals surface area contributed by atoms with Crippen LogP contribution in [0.4, 0.5) is 10.5 Å². The van der Waals surface area contributed by atoms with Crippen LogP contribution in [0.15, 0.2) is 66.7 Å². The van der Waals surface area contributed by atoms with E-state index in [0.717, 1.165) is 17.6 Å². The van der Waals surface area contributed by atoms with Gasteiger partial charge in [-0.05, 0) is 54.8 Å². The highest BCUT2D eigenvalue weighted by molar-refractivity contribution is 5.91. The molecule has 0 aliphatic heterocycles. The predicted molar refractivity (Wildman–Crippen MR) is 129 cm³/mol. The van der Waals surface area contributed by atoms with E-state index in [1.165, 1.54) is 23.8 Å². The molecule has 0 fully saturated rings. The van der Waals surface area contributed by atoms with Crippen molar-refractivity contribution < 1.29 is 19.0 Å². The van der Waals surface area contributed by atoms with Crippen molar-refractivity contribution in [3.05, 3.63) is 72.3 Å². The number of hydrogen-bond donors (Lipinski definition) is 1. The first-order chi connectivity index (χ1) is 15.6. The van der Waals surface area contributed by atoms with E-state index in [0.29, 0.717) is 11.6 Å². The summed E-state index contributed by atoms with van der Waals surface area (Å²) in [6.07, 6.45) is 2.49. The molecule has 0 heterocycles. The molecule has 0 saturated heterocycles. The molecule has 0 aliphatic carbocycles. The molecule has 0 bridgehead atoms. The normalized spacial score (nSPS) is 12.8. The Balaban J connectivity index is 1.54. The monoisotopic (exact) mass is 435 g/mol. The van der Waals surface area contributed by atoms with Gasteiger partial charge in [-0.2, -0.15) is 0 Å². The Kier molecular flexibility index (Phi) is 8.93. The molecular weight excluding hydrogens is 402 g/mol. The average molecular weight is 436 g/mol. The molecule has 0 aliphatic rings. The van der Waals surface area contributed by atoms with Gasteiger partial charge in [0.1, 0.15) is 12.4 Å². The van der Waals surface area contributed by atoms with Crippen LogP contribution in [0.25, 0.3) is 10.8 Å². The smallest absolute Gasteiger partial charge is 0.411 e. The summed E-state index contributed by atoms with van der Waals surface area (Å²) in [5.74, 6) is 1.35. The molecule has 5 nitrogen and oxygen atoms in total. The standard InChI is InChI=1S/C27H33NO4/c1-4-11-21(5-2)23-14-9-16-25-24(23)15-10-17-26(25)32-20(3)30-18-19-31-27(29)28-22-12-7-6-8-13-22/h6-10,12-17,20-21H,4-5,11,18-19H2,1-3H3,(H,28,29). The van der Waals surface area contributed by atoms with E-state index in [1.807, 2.05) is 37.3 Å². The summed E-state index contributed by atoms with van der Waals surface area (Å²) in [7, 11) is 0. The van der Waals surface area contributed by atoms with Crippen LogP contribution in [0.1, 0.15) is 51.5 Å². The highest BCUT2D eigenvalue weighted by Crippen LogP contribution is 2.35. The van der Waals surface area contributed by atoms with Gasteiger partial charge in [0.25, 0.3) is 0 Å². The van der Waals surface area contributed by atoms with Crippen LogP contribution in [0.2, 0.25) is 0 Å². The van der Waals surface area contributed by atoms with E-state index in [-0.39, 0.29) is 13.2 Å². The number of carbonyl (C=O) groups is 1. The first kappa shape index (κ1) is 23.6. The van der Waals surface area contributed by atoms with Crippen LogP contribution in [0, 0.1) is 0 Å². The van der Waals surface area contributed by atoms with Crippen LogP contribution < -0.4 is 10.1 Å². The number of hydrogen-bond acceptors (Lipinski definition) is 4.